The molecule has 0 fully saturated rings. The fraction of sp³-hybridized carbons (Fsp3) is 0.438. The molecule has 0 amide bonds. The Balaban J connectivity index is 1.92. The van der Waals surface area contributed by atoms with Gasteiger partial charge in [-0.1, -0.05) is 20.8 Å². The van der Waals surface area contributed by atoms with Gasteiger partial charge in [0.25, 0.3) is 0 Å². The molecule has 0 saturated carbocycles. The summed E-state index contributed by atoms with van der Waals surface area (Å²) in [6.45, 7) is 16.3. The highest BCUT2D eigenvalue weighted by Crippen LogP contribution is 2.41. The van der Waals surface area contributed by atoms with E-state index in [2.05, 4.69) is 82.7 Å². The van der Waals surface area contributed by atoms with Crippen LogP contribution in [-0.2, 0) is 6.42 Å². The molecule has 8 bridgehead atoms. The molecule has 0 aliphatic carbocycles. The second-order valence-corrected chi connectivity index (χ2v) is 10.8. The van der Waals surface area contributed by atoms with E-state index >= 15 is 0 Å². The Kier molecular flexibility index (Phi) is 6.84. The molecule has 0 saturated heterocycles. The summed E-state index contributed by atoms with van der Waals surface area (Å²) in [7, 11) is 0. The number of hydrogen-bond donors (Lipinski definition) is 3. The first-order valence-electron chi connectivity index (χ1n) is 13.9. The van der Waals surface area contributed by atoms with E-state index in [-0.39, 0.29) is 0 Å². The Labute approximate surface area is 220 Å². The second kappa shape index (κ2) is 9.94. The number of aromatic amines is 2. The van der Waals surface area contributed by atoms with Crippen LogP contribution in [0.15, 0.2) is 24.3 Å². The summed E-state index contributed by atoms with van der Waals surface area (Å²) in [6, 6.07) is 9.01. The van der Waals surface area contributed by atoms with Crippen molar-refractivity contribution in [2.45, 2.75) is 86.0 Å². The van der Waals surface area contributed by atoms with Gasteiger partial charge in [0.15, 0.2) is 0 Å². The van der Waals surface area contributed by atoms with Crippen molar-refractivity contribution in [2.75, 3.05) is 6.54 Å². The molecule has 4 N–H and O–H groups in total. The maximum Gasteiger partial charge on any atom is 0.0693 e. The Morgan fingerprint density at radius 3 is 2.22 bits per heavy atom. The summed E-state index contributed by atoms with van der Waals surface area (Å²) in [5.74, 6) is 0.699. The van der Waals surface area contributed by atoms with Crippen LogP contribution in [0.3, 0.4) is 0 Å². The minimum absolute atomic E-state index is 0.336. The smallest absolute Gasteiger partial charge is 0.0693 e. The van der Waals surface area contributed by atoms with Crippen LogP contribution in [0, 0.1) is 20.8 Å². The molecule has 5 rings (SSSR count). The van der Waals surface area contributed by atoms with Crippen molar-refractivity contribution >= 4 is 33.2 Å². The van der Waals surface area contributed by atoms with Crippen molar-refractivity contribution in [1.29, 1.82) is 0 Å². The van der Waals surface area contributed by atoms with Crippen LogP contribution in [0.4, 0.5) is 0 Å². The standard InChI is InChI=1S/C32H41N5/c1-8-22-19(5)28-16-31-23(9-2)18(4)27(35-31)15-29-20(6)24(11-10-12-33)32(37-29)21(7)26-13-17(3)25(34-26)14-30(22)36-28/h13-16,20,24,34-35H,8-12,33H2,1-7H3/t20-,24-/m0/s1. The van der Waals surface area contributed by atoms with E-state index in [1.54, 1.807) is 0 Å². The molecule has 2 aliphatic heterocycles. The monoisotopic (exact) mass is 495 g/mol. The third-order valence-corrected chi connectivity index (χ3v) is 8.63. The minimum atomic E-state index is 0.336. The highest BCUT2D eigenvalue weighted by atomic mass is 14.8. The molecular weight excluding hydrogens is 454 g/mol. The molecule has 37 heavy (non-hydrogen) atoms. The molecule has 5 nitrogen and oxygen atoms in total. The zero-order chi connectivity index (χ0) is 26.4. The number of H-pyrrole nitrogens is 2. The molecule has 3 aromatic rings. The Hall–Kier alpha value is -3.18. The largest absolute Gasteiger partial charge is 0.355 e. The van der Waals surface area contributed by atoms with Crippen molar-refractivity contribution in [2.24, 2.45) is 5.73 Å². The number of nitrogens with two attached hydrogens (primary N) is 1. The lowest BCUT2D eigenvalue weighted by Gasteiger charge is -2.16. The maximum atomic E-state index is 5.94. The van der Waals surface area contributed by atoms with Gasteiger partial charge in [0, 0.05) is 45.3 Å². The van der Waals surface area contributed by atoms with E-state index in [9.17, 15) is 0 Å². The first kappa shape index (κ1) is 25.5. The molecule has 5 heteroatoms. The Morgan fingerprint density at radius 2 is 1.51 bits per heavy atom. The van der Waals surface area contributed by atoms with E-state index in [4.69, 9.17) is 15.7 Å². The molecule has 5 heterocycles. The van der Waals surface area contributed by atoms with Gasteiger partial charge in [-0.05, 0) is 118 Å². The summed E-state index contributed by atoms with van der Waals surface area (Å²) < 4.78 is 0. The van der Waals surface area contributed by atoms with Crippen molar-refractivity contribution in [1.82, 2.24) is 19.9 Å². The first-order chi connectivity index (χ1) is 17.8. The molecule has 2 aliphatic rings. The van der Waals surface area contributed by atoms with E-state index in [1.165, 1.54) is 39.1 Å². The van der Waals surface area contributed by atoms with Gasteiger partial charge in [0.05, 0.1) is 11.4 Å². The fourth-order valence-corrected chi connectivity index (χ4v) is 6.24. The van der Waals surface area contributed by atoms with Crippen molar-refractivity contribution < 1.29 is 0 Å². The number of fused-ring (bicyclic) bond motifs is 8. The highest BCUT2D eigenvalue weighted by Gasteiger charge is 2.30. The van der Waals surface area contributed by atoms with Crippen LogP contribution < -0.4 is 5.73 Å². The van der Waals surface area contributed by atoms with Gasteiger partial charge in [-0.15, -0.1) is 0 Å². The highest BCUT2D eigenvalue weighted by molar-refractivity contribution is 5.92. The fourth-order valence-electron chi connectivity index (χ4n) is 6.24. The summed E-state index contributed by atoms with van der Waals surface area (Å²) in [6.07, 6.45) is 3.97. The van der Waals surface area contributed by atoms with E-state index in [0.29, 0.717) is 18.4 Å². The topological polar surface area (TPSA) is 83.4 Å². The van der Waals surface area contributed by atoms with E-state index < -0.39 is 0 Å². The van der Waals surface area contributed by atoms with Crippen LogP contribution in [-0.4, -0.2) is 26.5 Å². The van der Waals surface area contributed by atoms with E-state index in [0.717, 1.165) is 64.8 Å². The molecule has 3 aromatic heterocycles. The SMILES string of the molecule is CCC1=C(C)c2cc3[nH]c(cc4nc(c(C)c5cc(C)c(cc1n2)[nH]5)[C@@H](CCCN)[C@@H]4C)c(C)c3CC. The molecule has 194 valence electrons. The quantitative estimate of drug-likeness (QED) is 0.338. The van der Waals surface area contributed by atoms with Crippen LogP contribution in [0.25, 0.3) is 33.2 Å². The maximum absolute atomic E-state index is 5.94. The Bertz CT molecular complexity index is 1550. The van der Waals surface area contributed by atoms with Gasteiger partial charge < -0.3 is 15.7 Å². The van der Waals surface area contributed by atoms with Crippen molar-refractivity contribution in [3.63, 3.8) is 0 Å². The number of nitrogens with one attached hydrogen (secondary N) is 2. The van der Waals surface area contributed by atoms with E-state index in [1.807, 2.05) is 0 Å². The summed E-state index contributed by atoms with van der Waals surface area (Å²) in [5, 5.41) is 0. The van der Waals surface area contributed by atoms with Gasteiger partial charge in [-0.2, -0.15) is 0 Å². The number of nitrogens with zero attached hydrogens (tertiary/aromatic N) is 2. The zero-order valence-corrected chi connectivity index (χ0v) is 23.5. The van der Waals surface area contributed by atoms with Gasteiger partial charge in [0.1, 0.15) is 0 Å². The number of allylic oxidation sites excluding steroid dienone is 2. The number of rotatable bonds is 5. The molecular formula is C32H41N5. The predicted molar refractivity (Wildman–Crippen MR) is 157 cm³/mol. The molecule has 0 spiro atoms. The van der Waals surface area contributed by atoms with Crippen molar-refractivity contribution in [3.8, 4) is 0 Å². The van der Waals surface area contributed by atoms with Gasteiger partial charge in [0.2, 0.25) is 0 Å². The van der Waals surface area contributed by atoms with Crippen LogP contribution in [0.1, 0.15) is 104 Å². The normalized spacial score (nSPS) is 17.6. The number of aromatic nitrogens is 4. The average molecular weight is 496 g/mol. The second-order valence-electron chi connectivity index (χ2n) is 10.8. The predicted octanol–water partition coefficient (Wildman–Crippen LogP) is 7.77. The average Bonchev–Trinajstić information content (AvgIpc) is 3.57. The lowest BCUT2D eigenvalue weighted by Crippen LogP contribution is -2.07. The lowest BCUT2D eigenvalue weighted by atomic mass is 9.86. The van der Waals surface area contributed by atoms with Gasteiger partial charge in [-0.3, -0.25) is 4.98 Å². The third-order valence-electron chi connectivity index (χ3n) is 8.63. The summed E-state index contributed by atoms with van der Waals surface area (Å²) >= 11 is 0. The molecule has 0 aromatic carbocycles. The van der Waals surface area contributed by atoms with Crippen LogP contribution in [0.2, 0.25) is 0 Å². The third kappa shape index (κ3) is 4.33. The van der Waals surface area contributed by atoms with Crippen LogP contribution in [0.5, 0.6) is 0 Å². The lowest BCUT2D eigenvalue weighted by molar-refractivity contribution is 0.538. The molecule has 2 atom stereocenters. The molecule has 0 radical (unpaired) electrons. The number of aryl methyl sites for hydroxylation is 4. The van der Waals surface area contributed by atoms with Gasteiger partial charge >= 0.3 is 0 Å². The zero-order valence-electron chi connectivity index (χ0n) is 23.5. The van der Waals surface area contributed by atoms with Crippen LogP contribution >= 0.6 is 0 Å². The number of hydrogen-bond acceptors (Lipinski definition) is 3. The summed E-state index contributed by atoms with van der Waals surface area (Å²) in [4.78, 5) is 17.9. The van der Waals surface area contributed by atoms with Crippen molar-refractivity contribution in [3.05, 3.63) is 69.3 Å². The summed E-state index contributed by atoms with van der Waals surface area (Å²) in [5.41, 5.74) is 22.6. The minimum Gasteiger partial charge on any atom is -0.355 e. The molecule has 0 unspecified atom stereocenters. The first-order valence-corrected chi connectivity index (χ1v) is 13.9. The Morgan fingerprint density at radius 1 is 0.811 bits per heavy atom. The van der Waals surface area contributed by atoms with Gasteiger partial charge in [-0.25, -0.2) is 4.98 Å².